The van der Waals surface area contributed by atoms with Crippen molar-refractivity contribution in [2.24, 2.45) is 9.98 Å². The Bertz CT molecular complexity index is 847. The smallest absolute Gasteiger partial charge is 0.145 e. The summed E-state index contributed by atoms with van der Waals surface area (Å²) in [5.41, 5.74) is 0.973. The normalized spacial score (nSPS) is 11.7. The van der Waals surface area contributed by atoms with Crippen LogP contribution in [-0.4, -0.2) is 12.4 Å². The Morgan fingerprint density at radius 1 is 0.600 bits per heavy atom. The molecule has 0 atom stereocenters. The standard InChI is InChI=1S/C18H10Cl4N2O/c19-13-3-1-4-14(20)17(13)23-9-11-7-8-12(25-11)10-24-18-15(21)5-2-6-16(18)22/h1-10H. The summed E-state index contributed by atoms with van der Waals surface area (Å²) in [7, 11) is 0. The Kier molecular flexibility index (Phi) is 5.82. The summed E-state index contributed by atoms with van der Waals surface area (Å²) in [6, 6.07) is 13.9. The van der Waals surface area contributed by atoms with Crippen molar-refractivity contribution in [1.82, 2.24) is 0 Å². The molecule has 0 fully saturated rings. The second kappa shape index (κ2) is 8.07. The molecule has 0 aliphatic heterocycles. The van der Waals surface area contributed by atoms with E-state index >= 15 is 0 Å². The van der Waals surface area contributed by atoms with Crippen molar-refractivity contribution in [2.45, 2.75) is 0 Å². The van der Waals surface area contributed by atoms with E-state index in [2.05, 4.69) is 9.98 Å². The van der Waals surface area contributed by atoms with Gasteiger partial charge in [0.2, 0.25) is 0 Å². The highest BCUT2D eigenvalue weighted by Gasteiger charge is 2.05. The zero-order chi connectivity index (χ0) is 17.8. The lowest BCUT2D eigenvalue weighted by Gasteiger charge is -1.99. The van der Waals surface area contributed by atoms with E-state index in [4.69, 9.17) is 50.8 Å². The minimum Gasteiger partial charge on any atom is -0.454 e. The van der Waals surface area contributed by atoms with Crippen molar-refractivity contribution >= 4 is 70.2 Å². The van der Waals surface area contributed by atoms with Gasteiger partial charge in [-0.3, -0.25) is 0 Å². The highest BCUT2D eigenvalue weighted by molar-refractivity contribution is 6.39. The van der Waals surface area contributed by atoms with Gasteiger partial charge in [0.25, 0.3) is 0 Å². The topological polar surface area (TPSA) is 37.9 Å². The van der Waals surface area contributed by atoms with E-state index in [1.54, 1.807) is 48.5 Å². The molecule has 0 unspecified atom stereocenters. The molecule has 0 N–H and O–H groups in total. The summed E-state index contributed by atoms with van der Waals surface area (Å²) < 4.78 is 5.62. The SMILES string of the molecule is Clc1cccc(Cl)c1N=Cc1ccc(C=Nc2c(Cl)cccc2Cl)o1. The van der Waals surface area contributed by atoms with Crippen LogP contribution in [0, 0.1) is 0 Å². The van der Waals surface area contributed by atoms with Gasteiger partial charge in [-0.15, -0.1) is 0 Å². The fourth-order valence-electron chi connectivity index (χ4n) is 1.99. The summed E-state index contributed by atoms with van der Waals surface area (Å²) >= 11 is 24.3. The summed E-state index contributed by atoms with van der Waals surface area (Å²) in [4.78, 5) is 8.53. The van der Waals surface area contributed by atoms with E-state index in [9.17, 15) is 0 Å². The Hall–Kier alpha value is -1.78. The molecule has 2 aromatic carbocycles. The molecule has 0 bridgehead atoms. The van der Waals surface area contributed by atoms with Crippen LogP contribution in [0.2, 0.25) is 20.1 Å². The lowest BCUT2D eigenvalue weighted by atomic mass is 10.3. The Labute approximate surface area is 164 Å². The van der Waals surface area contributed by atoms with Crippen LogP contribution in [0.15, 0.2) is 62.9 Å². The molecular weight excluding hydrogens is 402 g/mol. The predicted molar refractivity (Wildman–Crippen MR) is 106 cm³/mol. The molecule has 0 saturated heterocycles. The van der Waals surface area contributed by atoms with Crippen LogP contribution in [0.4, 0.5) is 11.4 Å². The van der Waals surface area contributed by atoms with Crippen LogP contribution in [-0.2, 0) is 0 Å². The number of furan rings is 1. The molecule has 0 spiro atoms. The third-order valence-electron chi connectivity index (χ3n) is 3.16. The number of nitrogens with zero attached hydrogens (tertiary/aromatic N) is 2. The fraction of sp³-hybridized carbons (Fsp3) is 0. The van der Waals surface area contributed by atoms with Gasteiger partial charge in [0, 0.05) is 0 Å². The number of benzene rings is 2. The van der Waals surface area contributed by atoms with Gasteiger partial charge in [0.05, 0.1) is 32.5 Å². The van der Waals surface area contributed by atoms with Crippen LogP contribution >= 0.6 is 46.4 Å². The molecule has 0 saturated carbocycles. The maximum atomic E-state index is 6.07. The molecule has 0 amide bonds. The zero-order valence-electron chi connectivity index (χ0n) is 12.6. The molecular formula is C18H10Cl4N2O. The molecule has 3 nitrogen and oxygen atoms in total. The average Bonchev–Trinajstić information content (AvgIpc) is 3.02. The van der Waals surface area contributed by atoms with Crippen molar-refractivity contribution in [3.05, 3.63) is 80.1 Å². The largest absolute Gasteiger partial charge is 0.454 e. The summed E-state index contributed by atoms with van der Waals surface area (Å²) in [5, 5.41) is 1.85. The first-order chi connectivity index (χ1) is 12.0. The van der Waals surface area contributed by atoms with Gasteiger partial charge in [0.15, 0.2) is 0 Å². The monoisotopic (exact) mass is 410 g/mol. The molecule has 126 valence electrons. The highest BCUT2D eigenvalue weighted by Crippen LogP contribution is 2.33. The number of hydrogen-bond donors (Lipinski definition) is 0. The molecule has 0 radical (unpaired) electrons. The Balaban J connectivity index is 1.79. The lowest BCUT2D eigenvalue weighted by Crippen LogP contribution is -1.78. The maximum Gasteiger partial charge on any atom is 0.145 e. The van der Waals surface area contributed by atoms with Gasteiger partial charge in [-0.25, -0.2) is 9.98 Å². The Morgan fingerprint density at radius 3 is 1.32 bits per heavy atom. The van der Waals surface area contributed by atoms with Gasteiger partial charge in [-0.05, 0) is 36.4 Å². The van der Waals surface area contributed by atoms with Crippen LogP contribution in [0.3, 0.4) is 0 Å². The molecule has 3 rings (SSSR count). The van der Waals surface area contributed by atoms with Crippen molar-refractivity contribution in [2.75, 3.05) is 0 Å². The van der Waals surface area contributed by atoms with E-state index in [0.717, 1.165) is 0 Å². The van der Waals surface area contributed by atoms with Gasteiger partial charge >= 0.3 is 0 Å². The average molecular weight is 412 g/mol. The predicted octanol–water partition coefficient (Wildman–Crippen LogP) is 7.39. The number of halogens is 4. The second-order valence-corrected chi connectivity index (χ2v) is 6.53. The van der Waals surface area contributed by atoms with Crippen molar-refractivity contribution in [3.8, 4) is 0 Å². The zero-order valence-corrected chi connectivity index (χ0v) is 15.6. The number of aliphatic imine (C=N–C) groups is 2. The first-order valence-corrected chi connectivity index (χ1v) is 8.62. The first kappa shape index (κ1) is 18.0. The number of para-hydroxylation sites is 2. The first-order valence-electron chi connectivity index (χ1n) is 7.10. The molecule has 25 heavy (non-hydrogen) atoms. The van der Waals surface area contributed by atoms with Crippen LogP contribution in [0.1, 0.15) is 11.5 Å². The van der Waals surface area contributed by atoms with Gasteiger partial charge < -0.3 is 4.42 Å². The van der Waals surface area contributed by atoms with E-state index < -0.39 is 0 Å². The summed E-state index contributed by atoms with van der Waals surface area (Å²) in [5.74, 6) is 1.06. The molecule has 3 aromatic rings. The van der Waals surface area contributed by atoms with Crippen molar-refractivity contribution < 1.29 is 4.42 Å². The lowest BCUT2D eigenvalue weighted by molar-refractivity contribution is 0.553. The molecule has 0 aliphatic carbocycles. The van der Waals surface area contributed by atoms with E-state index in [0.29, 0.717) is 43.0 Å². The maximum absolute atomic E-state index is 6.07. The highest BCUT2D eigenvalue weighted by atomic mass is 35.5. The minimum atomic E-state index is 0.463. The van der Waals surface area contributed by atoms with Crippen LogP contribution in [0.5, 0.6) is 0 Å². The quantitative estimate of drug-likeness (QED) is 0.412. The van der Waals surface area contributed by atoms with E-state index in [1.807, 2.05) is 0 Å². The summed E-state index contributed by atoms with van der Waals surface area (Å²) in [6.45, 7) is 0. The van der Waals surface area contributed by atoms with Gasteiger partial charge in [0.1, 0.15) is 22.9 Å². The second-order valence-electron chi connectivity index (χ2n) is 4.90. The third-order valence-corrected chi connectivity index (χ3v) is 4.38. The molecule has 1 heterocycles. The van der Waals surface area contributed by atoms with Crippen molar-refractivity contribution in [3.63, 3.8) is 0 Å². The fourth-order valence-corrected chi connectivity index (χ4v) is 2.98. The number of hydrogen-bond acceptors (Lipinski definition) is 3. The van der Waals surface area contributed by atoms with Gasteiger partial charge in [-0.1, -0.05) is 58.5 Å². The molecule has 0 aliphatic rings. The summed E-state index contributed by atoms with van der Waals surface area (Å²) in [6.07, 6.45) is 3.07. The van der Waals surface area contributed by atoms with Crippen LogP contribution < -0.4 is 0 Å². The molecule has 1 aromatic heterocycles. The molecule has 7 heteroatoms. The van der Waals surface area contributed by atoms with E-state index in [-0.39, 0.29) is 0 Å². The Morgan fingerprint density at radius 2 is 0.960 bits per heavy atom. The minimum absolute atomic E-state index is 0.463. The van der Waals surface area contributed by atoms with Crippen LogP contribution in [0.25, 0.3) is 0 Å². The van der Waals surface area contributed by atoms with Gasteiger partial charge in [-0.2, -0.15) is 0 Å². The third kappa shape index (κ3) is 4.44. The van der Waals surface area contributed by atoms with E-state index in [1.165, 1.54) is 12.4 Å². The number of rotatable bonds is 4. The van der Waals surface area contributed by atoms with Crippen molar-refractivity contribution in [1.29, 1.82) is 0 Å².